The van der Waals surface area contributed by atoms with Gasteiger partial charge in [0.15, 0.2) is 12.1 Å². The van der Waals surface area contributed by atoms with E-state index in [0.29, 0.717) is 18.1 Å². The number of hydrogen-bond acceptors (Lipinski definition) is 4. The molecule has 21 heavy (non-hydrogen) atoms. The number of pyridine rings is 2. The molecule has 0 spiro atoms. The number of nitrogens with zero attached hydrogens (tertiary/aromatic N) is 4. The van der Waals surface area contributed by atoms with E-state index in [2.05, 4.69) is 9.97 Å². The summed E-state index contributed by atoms with van der Waals surface area (Å²) in [5.74, 6) is 0.666. The third-order valence-corrected chi connectivity index (χ3v) is 3.37. The number of carbonyl (C=O) groups excluding carboxylic acids is 1. The van der Waals surface area contributed by atoms with E-state index in [1.807, 2.05) is 61.5 Å². The van der Waals surface area contributed by atoms with Crippen molar-refractivity contribution in [2.24, 2.45) is 0 Å². The largest absolute Gasteiger partial charge is 0.352 e. The first-order valence-corrected chi connectivity index (χ1v) is 6.75. The Bertz CT molecular complexity index is 794. The molecule has 0 aromatic carbocycles. The quantitative estimate of drug-likeness (QED) is 0.689. The zero-order valence-electron chi connectivity index (χ0n) is 12.0. The molecule has 3 aromatic heterocycles. The van der Waals surface area contributed by atoms with Crippen LogP contribution in [0.4, 0.5) is 5.82 Å². The van der Waals surface area contributed by atoms with Crippen LogP contribution in [-0.4, -0.2) is 27.7 Å². The van der Waals surface area contributed by atoms with Crippen molar-refractivity contribution in [1.29, 1.82) is 0 Å². The van der Waals surface area contributed by atoms with Crippen LogP contribution in [0.1, 0.15) is 21.9 Å². The Labute approximate surface area is 122 Å². The van der Waals surface area contributed by atoms with Crippen molar-refractivity contribution in [2.45, 2.75) is 13.5 Å². The number of imidazole rings is 1. The Balaban J connectivity index is 1.97. The lowest BCUT2D eigenvalue weighted by Gasteiger charge is -2.16. The second-order valence-corrected chi connectivity index (χ2v) is 4.99. The summed E-state index contributed by atoms with van der Waals surface area (Å²) in [7, 11) is 1.92. The molecule has 5 nitrogen and oxygen atoms in total. The summed E-state index contributed by atoms with van der Waals surface area (Å²) in [5, 5.41) is 0. The number of aromatic nitrogens is 3. The number of carbonyl (C=O) groups is 1. The van der Waals surface area contributed by atoms with Crippen LogP contribution in [-0.2, 0) is 6.54 Å². The van der Waals surface area contributed by atoms with Crippen LogP contribution in [0.2, 0.25) is 0 Å². The van der Waals surface area contributed by atoms with Gasteiger partial charge in [-0.2, -0.15) is 0 Å². The van der Waals surface area contributed by atoms with Gasteiger partial charge in [-0.25, -0.2) is 4.98 Å². The van der Waals surface area contributed by atoms with E-state index in [9.17, 15) is 4.79 Å². The van der Waals surface area contributed by atoms with Crippen molar-refractivity contribution in [2.75, 3.05) is 11.9 Å². The highest BCUT2D eigenvalue weighted by molar-refractivity contribution is 5.83. The number of anilines is 1. The third kappa shape index (κ3) is 2.50. The Morgan fingerprint density at radius 2 is 2.05 bits per heavy atom. The van der Waals surface area contributed by atoms with Gasteiger partial charge < -0.3 is 4.90 Å². The van der Waals surface area contributed by atoms with Gasteiger partial charge in [-0.1, -0.05) is 12.1 Å². The Morgan fingerprint density at radius 3 is 2.81 bits per heavy atom. The molecule has 0 aliphatic carbocycles. The molecular weight excluding hydrogens is 264 g/mol. The highest BCUT2D eigenvalue weighted by Gasteiger charge is 2.15. The number of aryl methyl sites for hydroxylation is 1. The molecular formula is C16H16N4O. The molecule has 3 rings (SSSR count). The van der Waals surface area contributed by atoms with Crippen LogP contribution < -0.4 is 4.90 Å². The Hall–Kier alpha value is -2.69. The summed E-state index contributed by atoms with van der Waals surface area (Å²) in [6.45, 7) is 2.57. The average molecular weight is 280 g/mol. The molecule has 0 bridgehead atoms. The van der Waals surface area contributed by atoms with Crippen molar-refractivity contribution < 1.29 is 4.79 Å². The normalized spacial score (nSPS) is 10.8. The smallest absolute Gasteiger partial charge is 0.170 e. The van der Waals surface area contributed by atoms with Gasteiger partial charge in [-0.05, 0) is 31.2 Å². The van der Waals surface area contributed by atoms with E-state index < -0.39 is 0 Å². The molecule has 0 saturated heterocycles. The van der Waals surface area contributed by atoms with Gasteiger partial charge >= 0.3 is 0 Å². The maximum absolute atomic E-state index is 11.4. The highest BCUT2D eigenvalue weighted by atomic mass is 16.1. The summed E-state index contributed by atoms with van der Waals surface area (Å²) >= 11 is 0. The van der Waals surface area contributed by atoms with E-state index in [-0.39, 0.29) is 0 Å². The van der Waals surface area contributed by atoms with E-state index in [4.69, 9.17) is 0 Å². The van der Waals surface area contributed by atoms with Crippen molar-refractivity contribution in [3.8, 4) is 0 Å². The number of aldehydes is 1. The highest BCUT2D eigenvalue weighted by Crippen LogP contribution is 2.20. The van der Waals surface area contributed by atoms with E-state index >= 15 is 0 Å². The summed E-state index contributed by atoms with van der Waals surface area (Å²) in [6, 6.07) is 11.6. The minimum absolute atomic E-state index is 0.556. The molecule has 106 valence electrons. The molecule has 0 radical (unpaired) electrons. The van der Waals surface area contributed by atoms with Gasteiger partial charge in [-0.3, -0.25) is 14.2 Å². The van der Waals surface area contributed by atoms with Crippen LogP contribution in [0.15, 0.2) is 42.6 Å². The first-order valence-electron chi connectivity index (χ1n) is 6.75. The minimum Gasteiger partial charge on any atom is -0.352 e. The summed E-state index contributed by atoms with van der Waals surface area (Å²) < 4.78 is 1.79. The van der Waals surface area contributed by atoms with Crippen molar-refractivity contribution in [3.63, 3.8) is 0 Å². The lowest BCUT2D eigenvalue weighted by atomic mass is 10.3. The molecule has 3 aromatic rings. The van der Waals surface area contributed by atoms with Crippen molar-refractivity contribution in [1.82, 2.24) is 14.4 Å². The minimum atomic E-state index is 0.556. The van der Waals surface area contributed by atoms with Gasteiger partial charge in [0.25, 0.3) is 0 Å². The van der Waals surface area contributed by atoms with Crippen LogP contribution >= 0.6 is 0 Å². The van der Waals surface area contributed by atoms with Gasteiger partial charge in [0.1, 0.15) is 11.3 Å². The topological polar surface area (TPSA) is 50.5 Å². The maximum Gasteiger partial charge on any atom is 0.170 e. The van der Waals surface area contributed by atoms with E-state index in [1.165, 1.54) is 0 Å². The fourth-order valence-electron chi connectivity index (χ4n) is 2.40. The first-order chi connectivity index (χ1) is 10.2. The van der Waals surface area contributed by atoms with Gasteiger partial charge in [0.2, 0.25) is 0 Å². The molecule has 0 unspecified atom stereocenters. The second kappa shape index (κ2) is 5.36. The summed E-state index contributed by atoms with van der Waals surface area (Å²) in [4.78, 5) is 22.4. The zero-order chi connectivity index (χ0) is 14.8. The first kappa shape index (κ1) is 13.3. The zero-order valence-corrected chi connectivity index (χ0v) is 12.0. The second-order valence-electron chi connectivity index (χ2n) is 4.99. The molecule has 0 atom stereocenters. The van der Waals surface area contributed by atoms with Crippen LogP contribution in [0.3, 0.4) is 0 Å². The van der Waals surface area contributed by atoms with Gasteiger partial charge in [0, 0.05) is 18.9 Å². The van der Waals surface area contributed by atoms with Gasteiger partial charge in [-0.15, -0.1) is 0 Å². The Morgan fingerprint density at radius 1 is 1.19 bits per heavy atom. The fourth-order valence-corrected chi connectivity index (χ4v) is 2.40. The SMILES string of the molecule is Cc1cccc(CN(C)c2nc3ccccn3c2C=O)n1. The van der Waals surface area contributed by atoms with Crippen LogP contribution in [0, 0.1) is 6.92 Å². The van der Waals surface area contributed by atoms with Crippen LogP contribution in [0.5, 0.6) is 0 Å². The number of rotatable bonds is 4. The van der Waals surface area contributed by atoms with E-state index in [0.717, 1.165) is 23.3 Å². The van der Waals surface area contributed by atoms with Crippen molar-refractivity contribution >= 4 is 17.8 Å². The third-order valence-electron chi connectivity index (χ3n) is 3.37. The summed E-state index contributed by atoms with van der Waals surface area (Å²) in [5.41, 5.74) is 3.25. The molecule has 0 N–H and O–H groups in total. The molecule has 0 aliphatic heterocycles. The predicted molar refractivity (Wildman–Crippen MR) is 81.7 cm³/mol. The molecule has 0 aliphatic rings. The molecule has 5 heteroatoms. The monoisotopic (exact) mass is 280 g/mol. The number of hydrogen-bond donors (Lipinski definition) is 0. The van der Waals surface area contributed by atoms with E-state index in [1.54, 1.807) is 4.40 Å². The molecule has 3 heterocycles. The maximum atomic E-state index is 11.4. The van der Waals surface area contributed by atoms with Crippen molar-refractivity contribution in [3.05, 3.63) is 59.7 Å². The number of fused-ring (bicyclic) bond motifs is 1. The molecule has 0 saturated carbocycles. The summed E-state index contributed by atoms with van der Waals surface area (Å²) in [6.07, 6.45) is 2.68. The Kier molecular flexibility index (Phi) is 3.39. The lowest BCUT2D eigenvalue weighted by molar-refractivity contribution is 0.111. The molecule has 0 amide bonds. The standard InChI is InChI=1S/C16H16N4O/c1-12-6-5-7-13(17-12)10-19(2)16-14(11-21)20-9-4-3-8-15(20)18-16/h3-9,11H,10H2,1-2H3. The lowest BCUT2D eigenvalue weighted by Crippen LogP contribution is -2.19. The average Bonchev–Trinajstić information content (AvgIpc) is 2.86. The molecule has 0 fully saturated rings. The fraction of sp³-hybridized carbons (Fsp3) is 0.188. The predicted octanol–water partition coefficient (Wildman–Crippen LogP) is 2.49. The van der Waals surface area contributed by atoms with Gasteiger partial charge in [0.05, 0.1) is 12.2 Å². The van der Waals surface area contributed by atoms with Crippen LogP contribution in [0.25, 0.3) is 5.65 Å².